The summed E-state index contributed by atoms with van der Waals surface area (Å²) in [6, 6.07) is 71.9. The van der Waals surface area contributed by atoms with Crippen LogP contribution in [0.15, 0.2) is 207 Å². The Kier molecular flexibility index (Phi) is 8.54. The molecule has 2 nitrogen and oxygen atoms in total. The fourth-order valence-corrected chi connectivity index (χ4v) is 10.3. The van der Waals surface area contributed by atoms with E-state index >= 15 is 0 Å². The molecule has 2 heteroatoms. The van der Waals surface area contributed by atoms with Crippen molar-refractivity contribution in [3.63, 3.8) is 0 Å². The Morgan fingerprint density at radius 3 is 1.44 bits per heavy atom. The van der Waals surface area contributed by atoms with E-state index in [1.165, 1.54) is 89.0 Å². The smallest absolute Gasteiger partial charge is 0.0546 e. The summed E-state index contributed by atoms with van der Waals surface area (Å²) in [5, 5.41) is 0. The van der Waals surface area contributed by atoms with Crippen molar-refractivity contribution in [2.45, 2.75) is 38.5 Å². The van der Waals surface area contributed by atoms with Crippen molar-refractivity contribution in [3.8, 4) is 66.8 Å². The number of fused-ring (bicyclic) bond motifs is 6. The van der Waals surface area contributed by atoms with Crippen LogP contribution in [0.4, 0.5) is 17.1 Å². The molecule has 0 atom stereocenters. The average Bonchev–Trinajstić information content (AvgIpc) is 3.68. The highest BCUT2D eigenvalue weighted by Crippen LogP contribution is 2.55. The van der Waals surface area contributed by atoms with E-state index in [-0.39, 0.29) is 10.8 Å². The van der Waals surface area contributed by atoms with Gasteiger partial charge in [0.2, 0.25) is 0 Å². The van der Waals surface area contributed by atoms with Crippen LogP contribution in [-0.2, 0) is 10.8 Å². The molecule has 0 unspecified atom stereocenters. The van der Waals surface area contributed by atoms with Gasteiger partial charge in [-0.2, -0.15) is 0 Å². The molecule has 2 aliphatic rings. The van der Waals surface area contributed by atoms with Crippen molar-refractivity contribution in [2.24, 2.45) is 0 Å². The minimum absolute atomic E-state index is 0.156. The molecule has 0 aliphatic heterocycles. The number of aromatic nitrogens is 1. The molecule has 0 spiro atoms. The summed E-state index contributed by atoms with van der Waals surface area (Å²) in [7, 11) is 0. The lowest BCUT2D eigenvalue weighted by Crippen LogP contribution is -2.18. The van der Waals surface area contributed by atoms with E-state index in [0.717, 1.165) is 17.1 Å². The quantitative estimate of drug-likeness (QED) is 0.160. The van der Waals surface area contributed by atoms with Crippen LogP contribution in [0.25, 0.3) is 66.8 Å². The monoisotopic (exact) mass is 782 g/mol. The summed E-state index contributed by atoms with van der Waals surface area (Å²) >= 11 is 0. The van der Waals surface area contributed by atoms with Gasteiger partial charge in [-0.15, -0.1) is 0 Å². The molecule has 61 heavy (non-hydrogen) atoms. The largest absolute Gasteiger partial charge is 0.310 e. The third-order valence-corrected chi connectivity index (χ3v) is 13.4. The number of hydrogen-bond acceptors (Lipinski definition) is 2. The summed E-state index contributed by atoms with van der Waals surface area (Å²) < 4.78 is 0. The van der Waals surface area contributed by atoms with E-state index in [1.807, 2.05) is 12.4 Å². The Balaban J connectivity index is 1.17. The van der Waals surface area contributed by atoms with E-state index < -0.39 is 0 Å². The molecule has 9 aromatic rings. The van der Waals surface area contributed by atoms with Gasteiger partial charge in [0, 0.05) is 40.2 Å². The molecule has 8 aromatic carbocycles. The van der Waals surface area contributed by atoms with E-state index in [9.17, 15) is 0 Å². The normalized spacial score (nSPS) is 13.8. The molecule has 0 bridgehead atoms. The fourth-order valence-electron chi connectivity index (χ4n) is 10.3. The van der Waals surface area contributed by atoms with E-state index in [2.05, 4.69) is 232 Å². The first-order valence-electron chi connectivity index (χ1n) is 21.4. The minimum Gasteiger partial charge on any atom is -0.310 e. The van der Waals surface area contributed by atoms with E-state index in [0.29, 0.717) is 0 Å². The number of anilines is 3. The molecule has 2 aliphatic carbocycles. The van der Waals surface area contributed by atoms with Crippen LogP contribution in [0, 0.1) is 0 Å². The number of nitrogens with zero attached hydrogens (tertiary/aromatic N) is 2. The third-order valence-electron chi connectivity index (χ3n) is 13.4. The van der Waals surface area contributed by atoms with Gasteiger partial charge in [-0.3, -0.25) is 4.98 Å². The van der Waals surface area contributed by atoms with E-state index in [1.54, 1.807) is 0 Å². The van der Waals surface area contributed by atoms with Crippen LogP contribution in [0.1, 0.15) is 49.9 Å². The molecular formula is C59H46N2. The van der Waals surface area contributed by atoms with Crippen molar-refractivity contribution in [3.05, 3.63) is 229 Å². The van der Waals surface area contributed by atoms with Crippen LogP contribution >= 0.6 is 0 Å². The minimum atomic E-state index is -0.231. The molecule has 292 valence electrons. The zero-order valence-electron chi connectivity index (χ0n) is 35.0. The van der Waals surface area contributed by atoms with Crippen LogP contribution in [0.3, 0.4) is 0 Å². The molecule has 11 rings (SSSR count). The van der Waals surface area contributed by atoms with Gasteiger partial charge >= 0.3 is 0 Å². The molecule has 0 fully saturated rings. The Bertz CT molecular complexity index is 3120. The Hall–Kier alpha value is -7.29. The maximum absolute atomic E-state index is 4.28. The summed E-state index contributed by atoms with van der Waals surface area (Å²) in [6.07, 6.45) is 3.75. The second-order valence-corrected chi connectivity index (χ2v) is 17.6. The van der Waals surface area contributed by atoms with Crippen LogP contribution in [0.2, 0.25) is 0 Å². The van der Waals surface area contributed by atoms with Gasteiger partial charge in [-0.25, -0.2) is 0 Å². The molecule has 0 saturated carbocycles. The van der Waals surface area contributed by atoms with Crippen LogP contribution < -0.4 is 4.90 Å². The highest BCUT2D eigenvalue weighted by atomic mass is 15.1. The highest BCUT2D eigenvalue weighted by Gasteiger charge is 2.38. The predicted octanol–water partition coefficient (Wildman–Crippen LogP) is 15.8. The number of pyridine rings is 1. The fraction of sp³-hybridized carbons (Fsp3) is 0.102. The maximum atomic E-state index is 4.28. The molecule has 0 saturated heterocycles. The van der Waals surface area contributed by atoms with Gasteiger partial charge in [0.05, 0.1) is 5.69 Å². The zero-order valence-corrected chi connectivity index (χ0v) is 35.0. The first-order valence-corrected chi connectivity index (χ1v) is 21.4. The predicted molar refractivity (Wildman–Crippen MR) is 256 cm³/mol. The number of benzene rings is 8. The second-order valence-electron chi connectivity index (χ2n) is 17.6. The first kappa shape index (κ1) is 36.8. The molecule has 0 N–H and O–H groups in total. The number of rotatable bonds is 7. The summed E-state index contributed by atoms with van der Waals surface area (Å²) in [5.41, 5.74) is 23.2. The van der Waals surface area contributed by atoms with Crippen LogP contribution in [-0.4, -0.2) is 4.98 Å². The molecule has 0 amide bonds. The lowest BCUT2D eigenvalue weighted by atomic mass is 9.81. The van der Waals surface area contributed by atoms with E-state index in [4.69, 9.17) is 0 Å². The highest BCUT2D eigenvalue weighted by molar-refractivity contribution is 6.02. The van der Waals surface area contributed by atoms with Gasteiger partial charge in [0.25, 0.3) is 0 Å². The van der Waals surface area contributed by atoms with Crippen molar-refractivity contribution >= 4 is 17.1 Å². The summed E-state index contributed by atoms with van der Waals surface area (Å²) in [6.45, 7) is 9.51. The SMILES string of the molecule is CC1(C)c2ccccc2-c2ccc(N(c3ccc4c(c3)C(C)(C)c3cc(-c5ccncc5)ccc3-4)c3cccc(-c4ccccc4)c3-c3ccccc3-c3ccccc3)cc21. The lowest BCUT2D eigenvalue weighted by Gasteiger charge is -2.32. The zero-order chi connectivity index (χ0) is 41.3. The van der Waals surface area contributed by atoms with Crippen molar-refractivity contribution < 1.29 is 0 Å². The van der Waals surface area contributed by atoms with Crippen molar-refractivity contribution in [2.75, 3.05) is 4.90 Å². The molecular weight excluding hydrogens is 737 g/mol. The van der Waals surface area contributed by atoms with Gasteiger partial charge in [-0.1, -0.05) is 173 Å². The second kappa shape index (κ2) is 14.2. The maximum Gasteiger partial charge on any atom is 0.0546 e. The van der Waals surface area contributed by atoms with Crippen molar-refractivity contribution in [1.29, 1.82) is 0 Å². The van der Waals surface area contributed by atoms with Gasteiger partial charge in [0.1, 0.15) is 0 Å². The van der Waals surface area contributed by atoms with Crippen LogP contribution in [0.5, 0.6) is 0 Å². The summed E-state index contributed by atoms with van der Waals surface area (Å²) in [5.74, 6) is 0. The standard InChI is InChI=1S/C59H46N2/c1-58(2)52-24-14-13-21-47(52)49-30-27-43(37-54(49)58)61(44-28-31-50-48-29-26-42(39-32-34-60-35-33-39)36-53(48)59(3,4)55(50)38-44)56-25-15-23-46(41-18-9-6-10-19-41)57(56)51-22-12-11-20-45(51)40-16-7-5-8-17-40/h5-38H,1-4H3. The molecule has 0 radical (unpaired) electrons. The third kappa shape index (κ3) is 5.89. The Labute approximate surface area is 359 Å². The van der Waals surface area contributed by atoms with Gasteiger partial charge < -0.3 is 4.90 Å². The first-order chi connectivity index (χ1) is 29.8. The average molecular weight is 783 g/mol. The van der Waals surface area contributed by atoms with Gasteiger partial charge in [-0.05, 0) is 132 Å². The number of hydrogen-bond donors (Lipinski definition) is 0. The summed E-state index contributed by atoms with van der Waals surface area (Å²) in [4.78, 5) is 6.81. The van der Waals surface area contributed by atoms with Gasteiger partial charge in [0.15, 0.2) is 0 Å². The molecule has 1 heterocycles. The molecule has 1 aromatic heterocycles. The Morgan fingerprint density at radius 2 is 0.803 bits per heavy atom. The topological polar surface area (TPSA) is 16.1 Å². The van der Waals surface area contributed by atoms with Crippen molar-refractivity contribution in [1.82, 2.24) is 4.98 Å². The lowest BCUT2D eigenvalue weighted by molar-refractivity contribution is 0.660. The Morgan fingerprint density at radius 1 is 0.328 bits per heavy atom.